The molecule has 0 fully saturated rings. The highest BCUT2D eigenvalue weighted by molar-refractivity contribution is 9.10. The molecule has 0 radical (unpaired) electrons. The molecule has 1 heterocycles. The van der Waals surface area contributed by atoms with E-state index in [9.17, 15) is 0 Å². The van der Waals surface area contributed by atoms with E-state index in [0.717, 1.165) is 32.9 Å². The molecule has 0 aliphatic heterocycles. The first-order valence-corrected chi connectivity index (χ1v) is 6.06. The highest BCUT2D eigenvalue weighted by atomic mass is 79.9. The molecule has 0 aliphatic rings. The number of nitrogens with one attached hydrogen (secondary N) is 1. The predicted molar refractivity (Wildman–Crippen MR) is 69.6 cm³/mol. The zero-order chi connectivity index (χ0) is 11.5. The summed E-state index contributed by atoms with van der Waals surface area (Å²) in [6, 6.07) is 7.79. The van der Waals surface area contributed by atoms with Crippen molar-refractivity contribution in [3.8, 4) is 11.3 Å². The Morgan fingerprint density at radius 1 is 1.38 bits per heavy atom. The van der Waals surface area contributed by atoms with Gasteiger partial charge in [0.15, 0.2) is 0 Å². The van der Waals surface area contributed by atoms with Gasteiger partial charge in [0.25, 0.3) is 0 Å². The van der Waals surface area contributed by atoms with Gasteiger partial charge in [-0.05, 0) is 40.7 Å². The van der Waals surface area contributed by atoms with E-state index in [1.165, 1.54) is 0 Å². The standard InChI is InChI=1S/C12H11BrClNO/c1-15-7-9-3-2-8(6-11(9)14)12-10(13)4-5-16-12/h2-6,15H,7H2,1H3. The molecule has 84 valence electrons. The van der Waals surface area contributed by atoms with Crippen LogP contribution in [0.15, 0.2) is 39.4 Å². The van der Waals surface area contributed by atoms with E-state index in [1.54, 1.807) is 6.26 Å². The van der Waals surface area contributed by atoms with Crippen LogP contribution in [0.4, 0.5) is 0 Å². The van der Waals surface area contributed by atoms with Crippen molar-refractivity contribution in [1.29, 1.82) is 0 Å². The maximum absolute atomic E-state index is 6.18. The van der Waals surface area contributed by atoms with Crippen molar-refractivity contribution >= 4 is 27.5 Å². The van der Waals surface area contributed by atoms with Crippen molar-refractivity contribution in [2.45, 2.75) is 6.54 Å². The molecule has 4 heteroatoms. The number of rotatable bonds is 3. The molecule has 1 N–H and O–H groups in total. The summed E-state index contributed by atoms with van der Waals surface area (Å²) in [6.07, 6.45) is 1.65. The summed E-state index contributed by atoms with van der Waals surface area (Å²) in [7, 11) is 1.90. The fourth-order valence-electron chi connectivity index (χ4n) is 1.52. The molecule has 2 aromatic rings. The smallest absolute Gasteiger partial charge is 0.148 e. The van der Waals surface area contributed by atoms with E-state index >= 15 is 0 Å². The van der Waals surface area contributed by atoms with E-state index in [4.69, 9.17) is 16.0 Å². The average Bonchev–Trinajstić information content (AvgIpc) is 2.68. The lowest BCUT2D eigenvalue weighted by Gasteiger charge is -2.05. The number of halogens is 2. The Morgan fingerprint density at radius 2 is 2.19 bits per heavy atom. The molecule has 2 rings (SSSR count). The Bertz CT molecular complexity index is 496. The van der Waals surface area contributed by atoms with Gasteiger partial charge in [0.1, 0.15) is 5.76 Å². The normalized spacial score (nSPS) is 10.7. The first-order chi connectivity index (χ1) is 7.72. The second kappa shape index (κ2) is 5.04. The van der Waals surface area contributed by atoms with Gasteiger partial charge in [0.05, 0.1) is 10.7 Å². The van der Waals surface area contributed by atoms with Crippen LogP contribution in [-0.4, -0.2) is 7.05 Å². The van der Waals surface area contributed by atoms with Crippen molar-refractivity contribution < 1.29 is 4.42 Å². The van der Waals surface area contributed by atoms with E-state index in [-0.39, 0.29) is 0 Å². The highest BCUT2D eigenvalue weighted by Crippen LogP contribution is 2.31. The van der Waals surface area contributed by atoms with Crippen molar-refractivity contribution in [1.82, 2.24) is 5.32 Å². The Morgan fingerprint density at radius 3 is 2.75 bits per heavy atom. The Hall–Kier alpha value is -0.770. The minimum Gasteiger partial charge on any atom is -0.463 e. The zero-order valence-electron chi connectivity index (χ0n) is 8.76. The van der Waals surface area contributed by atoms with Gasteiger partial charge in [-0.15, -0.1) is 0 Å². The minimum atomic E-state index is 0.746. The number of furan rings is 1. The lowest BCUT2D eigenvalue weighted by atomic mass is 10.1. The fraction of sp³-hybridized carbons (Fsp3) is 0.167. The van der Waals surface area contributed by atoms with Gasteiger partial charge in [-0.1, -0.05) is 23.7 Å². The predicted octanol–water partition coefficient (Wildman–Crippen LogP) is 4.08. The summed E-state index contributed by atoms with van der Waals surface area (Å²) in [4.78, 5) is 0. The lowest BCUT2D eigenvalue weighted by molar-refractivity contribution is 0.581. The molecule has 0 spiro atoms. The average molecular weight is 301 g/mol. The second-order valence-corrected chi connectivity index (χ2v) is 4.70. The van der Waals surface area contributed by atoms with Gasteiger partial charge in [-0.3, -0.25) is 0 Å². The zero-order valence-corrected chi connectivity index (χ0v) is 11.1. The molecule has 1 aromatic carbocycles. The van der Waals surface area contributed by atoms with E-state index < -0.39 is 0 Å². The molecule has 0 bridgehead atoms. The van der Waals surface area contributed by atoms with Crippen molar-refractivity contribution in [2.75, 3.05) is 7.05 Å². The topological polar surface area (TPSA) is 25.2 Å². The van der Waals surface area contributed by atoms with Crippen LogP contribution in [0.5, 0.6) is 0 Å². The summed E-state index contributed by atoms with van der Waals surface area (Å²) in [5, 5.41) is 3.82. The molecular weight excluding hydrogens is 289 g/mol. The molecule has 1 aromatic heterocycles. The largest absolute Gasteiger partial charge is 0.463 e. The van der Waals surface area contributed by atoms with Gasteiger partial charge >= 0.3 is 0 Å². The number of hydrogen-bond donors (Lipinski definition) is 1. The molecule has 0 unspecified atom stereocenters. The second-order valence-electron chi connectivity index (χ2n) is 3.43. The van der Waals surface area contributed by atoms with Crippen molar-refractivity contribution in [3.05, 3.63) is 45.6 Å². The summed E-state index contributed by atoms with van der Waals surface area (Å²) in [6.45, 7) is 0.762. The van der Waals surface area contributed by atoms with Crippen LogP contribution in [0.25, 0.3) is 11.3 Å². The van der Waals surface area contributed by atoms with Crippen LogP contribution >= 0.6 is 27.5 Å². The Kier molecular flexibility index (Phi) is 3.69. The summed E-state index contributed by atoms with van der Waals surface area (Å²) in [5.74, 6) is 0.804. The lowest BCUT2D eigenvalue weighted by Crippen LogP contribution is -2.05. The van der Waals surface area contributed by atoms with E-state index in [0.29, 0.717) is 0 Å². The molecule has 0 aliphatic carbocycles. The minimum absolute atomic E-state index is 0.746. The van der Waals surface area contributed by atoms with Gasteiger partial charge in [0, 0.05) is 17.1 Å². The maximum atomic E-state index is 6.18. The Balaban J connectivity index is 2.38. The van der Waals surface area contributed by atoms with Gasteiger partial charge < -0.3 is 9.73 Å². The third kappa shape index (κ3) is 2.32. The number of hydrogen-bond acceptors (Lipinski definition) is 2. The molecule has 2 nitrogen and oxygen atoms in total. The summed E-state index contributed by atoms with van der Waals surface area (Å²) in [5.41, 5.74) is 2.05. The van der Waals surface area contributed by atoms with Crippen LogP contribution in [-0.2, 0) is 6.54 Å². The quantitative estimate of drug-likeness (QED) is 0.924. The van der Waals surface area contributed by atoms with Gasteiger partial charge in [-0.2, -0.15) is 0 Å². The van der Waals surface area contributed by atoms with Crippen LogP contribution < -0.4 is 5.32 Å². The van der Waals surface area contributed by atoms with Crippen LogP contribution in [0, 0.1) is 0 Å². The van der Waals surface area contributed by atoms with Gasteiger partial charge in [-0.25, -0.2) is 0 Å². The van der Waals surface area contributed by atoms with E-state index in [2.05, 4.69) is 21.2 Å². The summed E-state index contributed by atoms with van der Waals surface area (Å²) < 4.78 is 6.32. The van der Waals surface area contributed by atoms with Crippen LogP contribution in [0.1, 0.15) is 5.56 Å². The first-order valence-electron chi connectivity index (χ1n) is 4.88. The van der Waals surface area contributed by atoms with Crippen LogP contribution in [0.3, 0.4) is 0 Å². The molecule has 0 saturated heterocycles. The third-order valence-electron chi connectivity index (χ3n) is 2.30. The van der Waals surface area contributed by atoms with Crippen molar-refractivity contribution in [3.63, 3.8) is 0 Å². The van der Waals surface area contributed by atoms with Crippen LogP contribution in [0.2, 0.25) is 5.02 Å². The highest BCUT2D eigenvalue weighted by Gasteiger charge is 2.08. The van der Waals surface area contributed by atoms with Crippen molar-refractivity contribution in [2.24, 2.45) is 0 Å². The molecule has 16 heavy (non-hydrogen) atoms. The van der Waals surface area contributed by atoms with E-state index in [1.807, 2.05) is 31.3 Å². The SMILES string of the molecule is CNCc1ccc(-c2occc2Br)cc1Cl. The Labute approximate surface area is 108 Å². The molecule has 0 atom stereocenters. The molecule has 0 amide bonds. The summed E-state index contributed by atoms with van der Waals surface area (Å²) >= 11 is 9.61. The third-order valence-corrected chi connectivity index (χ3v) is 3.28. The monoisotopic (exact) mass is 299 g/mol. The molecular formula is C12H11BrClNO. The maximum Gasteiger partial charge on any atom is 0.148 e. The van der Waals surface area contributed by atoms with Gasteiger partial charge in [0.2, 0.25) is 0 Å². The number of benzene rings is 1. The fourth-order valence-corrected chi connectivity index (χ4v) is 2.20. The molecule has 0 saturated carbocycles. The first kappa shape index (κ1) is 11.7.